The van der Waals surface area contributed by atoms with Crippen molar-refractivity contribution < 1.29 is 14.3 Å². The summed E-state index contributed by atoms with van der Waals surface area (Å²) in [7, 11) is 0. The molecule has 2 aromatic carbocycles. The molecule has 3 rings (SSSR count). The van der Waals surface area contributed by atoms with Crippen molar-refractivity contribution >= 4 is 40.9 Å². The van der Waals surface area contributed by atoms with Gasteiger partial charge in [-0.2, -0.15) is 0 Å². The molecule has 2 amide bonds. The van der Waals surface area contributed by atoms with Crippen molar-refractivity contribution in [2.45, 2.75) is 29.4 Å². The number of rotatable bonds is 5. The molecule has 0 unspecified atom stereocenters. The highest BCUT2D eigenvalue weighted by Gasteiger charge is 2.35. The second-order valence-electron chi connectivity index (χ2n) is 6.76. The fraction of sp³-hybridized carbons (Fsp3) is 0.333. The van der Waals surface area contributed by atoms with E-state index in [9.17, 15) is 9.59 Å². The fourth-order valence-electron chi connectivity index (χ4n) is 3.04. The van der Waals surface area contributed by atoms with E-state index in [0.29, 0.717) is 30.5 Å². The van der Waals surface area contributed by atoms with E-state index in [1.807, 2.05) is 18.2 Å². The molecule has 1 saturated heterocycles. The van der Waals surface area contributed by atoms with Gasteiger partial charge in [-0.1, -0.05) is 35.9 Å². The first kappa shape index (κ1) is 20.7. The van der Waals surface area contributed by atoms with Crippen LogP contribution >= 0.6 is 23.4 Å². The van der Waals surface area contributed by atoms with E-state index in [1.54, 1.807) is 36.9 Å². The highest BCUT2D eigenvalue weighted by atomic mass is 35.5. The van der Waals surface area contributed by atoms with Crippen LogP contribution in [0.4, 0.5) is 5.69 Å². The number of amides is 2. The summed E-state index contributed by atoms with van der Waals surface area (Å²) in [4.78, 5) is 25.8. The summed E-state index contributed by atoms with van der Waals surface area (Å²) < 4.78 is 5.31. The Balaban J connectivity index is 1.63. The molecular weight excluding hydrogens is 396 g/mol. The zero-order chi connectivity index (χ0) is 20.0. The first-order valence-corrected chi connectivity index (χ1v) is 10.3. The molecule has 0 radical (unpaired) electrons. The molecule has 0 spiro atoms. The Bertz CT molecular complexity index is 839. The maximum Gasteiger partial charge on any atom is 0.313 e. The third kappa shape index (κ3) is 5.28. The summed E-state index contributed by atoms with van der Waals surface area (Å²) in [6, 6.07) is 15.3. The highest BCUT2D eigenvalue weighted by Crippen LogP contribution is 2.40. The molecule has 1 fully saturated rings. The van der Waals surface area contributed by atoms with Crippen LogP contribution in [-0.4, -0.2) is 36.3 Å². The summed E-state index contributed by atoms with van der Waals surface area (Å²) in [6.45, 7) is 3.48. The quantitative estimate of drug-likeness (QED) is 0.719. The van der Waals surface area contributed by atoms with Gasteiger partial charge in [-0.3, -0.25) is 9.59 Å². The average molecular weight is 419 g/mol. The molecule has 0 bridgehead atoms. The molecule has 0 saturated carbocycles. The molecule has 0 aromatic heterocycles. The van der Waals surface area contributed by atoms with Crippen LogP contribution in [0.15, 0.2) is 53.4 Å². The summed E-state index contributed by atoms with van der Waals surface area (Å²) in [6.07, 6.45) is 1.61. The number of benzene rings is 2. The summed E-state index contributed by atoms with van der Waals surface area (Å²) in [5.41, 5.74) is 1.26. The van der Waals surface area contributed by atoms with Gasteiger partial charge < -0.3 is 15.4 Å². The van der Waals surface area contributed by atoms with Gasteiger partial charge in [0.15, 0.2) is 0 Å². The smallest absolute Gasteiger partial charge is 0.313 e. The van der Waals surface area contributed by atoms with Gasteiger partial charge in [0.05, 0.1) is 0 Å². The van der Waals surface area contributed by atoms with Crippen molar-refractivity contribution in [2.24, 2.45) is 0 Å². The third-order valence-electron chi connectivity index (χ3n) is 4.77. The lowest BCUT2D eigenvalue weighted by molar-refractivity contribution is -0.136. The van der Waals surface area contributed by atoms with Gasteiger partial charge in [0.2, 0.25) is 0 Å². The normalized spacial score (nSPS) is 15.6. The molecular formula is C21H23ClN2O3S. The molecule has 1 aliphatic heterocycles. The van der Waals surface area contributed by atoms with Crippen LogP contribution in [0.3, 0.4) is 0 Å². The Morgan fingerprint density at radius 3 is 2.50 bits per heavy atom. The molecule has 7 heteroatoms. The number of carbonyl (C=O) groups is 2. The van der Waals surface area contributed by atoms with Crippen LogP contribution in [0.25, 0.3) is 0 Å². The van der Waals surface area contributed by atoms with Crippen LogP contribution < -0.4 is 10.6 Å². The second-order valence-corrected chi connectivity index (χ2v) is 8.71. The minimum atomic E-state index is -0.697. The lowest BCUT2D eigenvalue weighted by atomic mass is 9.99. The zero-order valence-electron chi connectivity index (χ0n) is 15.7. The standard InChI is InChI=1S/C21H23ClN2O3S/c1-15-17(22)8-5-9-18(15)24-20(26)19(25)23-14-21(10-12-27-13-11-21)28-16-6-3-2-4-7-16/h2-9H,10-14H2,1H3,(H,23,25)(H,24,26). The van der Waals surface area contributed by atoms with E-state index in [0.717, 1.165) is 23.3 Å². The number of ether oxygens (including phenoxy) is 1. The summed E-state index contributed by atoms with van der Waals surface area (Å²) in [5.74, 6) is -1.35. The van der Waals surface area contributed by atoms with E-state index in [-0.39, 0.29) is 4.75 Å². The largest absolute Gasteiger partial charge is 0.381 e. The highest BCUT2D eigenvalue weighted by molar-refractivity contribution is 8.00. The van der Waals surface area contributed by atoms with Crippen LogP contribution in [0.5, 0.6) is 0 Å². The number of thioether (sulfide) groups is 1. The molecule has 2 aromatic rings. The number of hydrogen-bond acceptors (Lipinski definition) is 4. The van der Waals surface area contributed by atoms with E-state index >= 15 is 0 Å². The van der Waals surface area contributed by atoms with E-state index in [2.05, 4.69) is 22.8 Å². The molecule has 0 atom stereocenters. The summed E-state index contributed by atoms with van der Waals surface area (Å²) in [5, 5.41) is 5.98. The maximum absolute atomic E-state index is 12.4. The van der Waals surface area contributed by atoms with Crippen LogP contribution in [-0.2, 0) is 14.3 Å². The number of nitrogens with one attached hydrogen (secondary N) is 2. The van der Waals surface area contributed by atoms with Gasteiger partial charge in [0, 0.05) is 40.1 Å². The van der Waals surface area contributed by atoms with Crippen molar-refractivity contribution in [3.63, 3.8) is 0 Å². The number of carbonyl (C=O) groups excluding carboxylic acids is 2. The Labute approximate surface area is 174 Å². The first-order chi connectivity index (χ1) is 13.5. The maximum atomic E-state index is 12.4. The molecule has 2 N–H and O–H groups in total. The SMILES string of the molecule is Cc1c(Cl)cccc1NC(=O)C(=O)NCC1(Sc2ccccc2)CCOCC1. The topological polar surface area (TPSA) is 67.4 Å². The number of anilines is 1. The average Bonchev–Trinajstić information content (AvgIpc) is 2.71. The fourth-order valence-corrected chi connectivity index (χ4v) is 4.52. The van der Waals surface area contributed by atoms with E-state index in [4.69, 9.17) is 16.3 Å². The van der Waals surface area contributed by atoms with Crippen molar-refractivity contribution in [3.05, 3.63) is 59.1 Å². The van der Waals surface area contributed by atoms with Crippen molar-refractivity contribution in [1.82, 2.24) is 5.32 Å². The molecule has 0 aliphatic carbocycles. The summed E-state index contributed by atoms with van der Waals surface area (Å²) >= 11 is 7.80. The van der Waals surface area contributed by atoms with Gasteiger partial charge >= 0.3 is 11.8 Å². The van der Waals surface area contributed by atoms with Gasteiger partial charge in [-0.15, -0.1) is 11.8 Å². The monoisotopic (exact) mass is 418 g/mol. The predicted molar refractivity (Wildman–Crippen MR) is 113 cm³/mol. The molecule has 148 valence electrons. The molecule has 28 heavy (non-hydrogen) atoms. The first-order valence-electron chi connectivity index (χ1n) is 9.15. The minimum Gasteiger partial charge on any atom is -0.381 e. The second kappa shape index (κ2) is 9.45. The Hall–Kier alpha value is -2.02. The van der Waals surface area contributed by atoms with Crippen LogP contribution in [0.1, 0.15) is 18.4 Å². The lowest BCUT2D eigenvalue weighted by Crippen LogP contribution is -2.47. The van der Waals surface area contributed by atoms with Crippen molar-refractivity contribution in [1.29, 1.82) is 0 Å². The zero-order valence-corrected chi connectivity index (χ0v) is 17.2. The molecule has 1 aliphatic rings. The number of halogens is 1. The molecule has 1 heterocycles. The molecule has 5 nitrogen and oxygen atoms in total. The van der Waals surface area contributed by atoms with Gasteiger partial charge in [0.1, 0.15) is 0 Å². The van der Waals surface area contributed by atoms with Crippen LogP contribution in [0.2, 0.25) is 5.02 Å². The van der Waals surface area contributed by atoms with Crippen molar-refractivity contribution in [3.8, 4) is 0 Å². The third-order valence-corrected chi connectivity index (χ3v) is 6.68. The van der Waals surface area contributed by atoms with Gasteiger partial charge in [-0.05, 0) is 49.6 Å². The lowest BCUT2D eigenvalue weighted by Gasteiger charge is -2.36. The predicted octanol–water partition coefficient (Wildman–Crippen LogP) is 4.04. The Morgan fingerprint density at radius 2 is 1.79 bits per heavy atom. The van der Waals surface area contributed by atoms with Gasteiger partial charge in [0.25, 0.3) is 0 Å². The van der Waals surface area contributed by atoms with Gasteiger partial charge in [-0.25, -0.2) is 0 Å². The Kier molecular flexibility index (Phi) is 6.99. The minimum absolute atomic E-state index is 0.193. The van der Waals surface area contributed by atoms with E-state index < -0.39 is 11.8 Å². The van der Waals surface area contributed by atoms with E-state index in [1.165, 1.54) is 0 Å². The van der Waals surface area contributed by atoms with Crippen molar-refractivity contribution in [2.75, 3.05) is 25.1 Å². The number of hydrogen-bond donors (Lipinski definition) is 2. The Morgan fingerprint density at radius 1 is 1.07 bits per heavy atom. The van der Waals surface area contributed by atoms with Crippen LogP contribution in [0, 0.1) is 6.92 Å².